The summed E-state index contributed by atoms with van der Waals surface area (Å²) in [6.07, 6.45) is 3.52. The van der Waals surface area contributed by atoms with Crippen molar-refractivity contribution >= 4 is 16.9 Å². The summed E-state index contributed by atoms with van der Waals surface area (Å²) in [6.45, 7) is 1.99. The monoisotopic (exact) mass is 269 g/mol. The van der Waals surface area contributed by atoms with E-state index in [4.69, 9.17) is 4.42 Å². The molecule has 1 N–H and O–H groups in total. The molecule has 3 atom stereocenters. The Bertz CT molecular complexity index is 617. The number of hydrogen-bond acceptors (Lipinski definition) is 2. The first-order chi connectivity index (χ1) is 9.70. The number of hydrogen-bond donors (Lipinski definition) is 1. The Kier molecular flexibility index (Phi) is 2.62. The molecule has 0 spiro atoms. The Balaban J connectivity index is 1.46. The molecule has 3 heteroatoms. The number of rotatable bonds is 3. The number of carbonyl (C=O) groups is 1. The van der Waals surface area contributed by atoms with E-state index >= 15 is 0 Å². The lowest BCUT2D eigenvalue weighted by molar-refractivity contribution is -0.125. The summed E-state index contributed by atoms with van der Waals surface area (Å²) < 4.78 is 5.81. The highest BCUT2D eigenvalue weighted by atomic mass is 16.3. The molecule has 3 unspecified atom stereocenters. The molecular weight excluding hydrogens is 250 g/mol. The molecule has 1 aromatic heterocycles. The summed E-state index contributed by atoms with van der Waals surface area (Å²) >= 11 is 0. The fraction of sp³-hybridized carbons (Fsp3) is 0.471. The molecule has 2 aromatic rings. The third kappa shape index (κ3) is 2.01. The van der Waals surface area contributed by atoms with Crippen LogP contribution in [0.5, 0.6) is 0 Å². The third-order valence-corrected chi connectivity index (χ3v) is 4.84. The van der Waals surface area contributed by atoms with Gasteiger partial charge in [-0.05, 0) is 50.2 Å². The first-order valence-electron chi connectivity index (χ1n) is 7.49. The molecule has 0 saturated heterocycles. The van der Waals surface area contributed by atoms with E-state index in [1.54, 1.807) is 0 Å². The number of amides is 1. The van der Waals surface area contributed by atoms with Crippen molar-refractivity contribution in [3.05, 3.63) is 36.1 Å². The number of carbonyl (C=O) groups excluding carboxylic acids is 1. The first kappa shape index (κ1) is 12.0. The number of benzene rings is 1. The van der Waals surface area contributed by atoms with Crippen LogP contribution in [0, 0.1) is 17.8 Å². The van der Waals surface area contributed by atoms with E-state index in [-0.39, 0.29) is 17.9 Å². The average molecular weight is 269 g/mol. The molecule has 1 heterocycles. The fourth-order valence-corrected chi connectivity index (χ4v) is 3.55. The maximum atomic E-state index is 12.3. The SMILES string of the molecule is CC(NC(=O)C1CC2CC2C1)c1cc2ccccc2o1. The number of fused-ring (bicyclic) bond motifs is 2. The Morgan fingerprint density at radius 1 is 1.25 bits per heavy atom. The van der Waals surface area contributed by atoms with Crippen molar-refractivity contribution in [2.45, 2.75) is 32.2 Å². The second-order valence-electron chi connectivity index (χ2n) is 6.34. The van der Waals surface area contributed by atoms with Gasteiger partial charge in [0.1, 0.15) is 11.3 Å². The summed E-state index contributed by atoms with van der Waals surface area (Å²) in [5.74, 6) is 2.94. The standard InChI is InChI=1S/C17H19NO2/c1-10(16-9-11-4-2-3-5-15(11)20-16)18-17(19)14-7-12-6-13(12)8-14/h2-5,9-10,12-14H,6-8H2,1H3,(H,18,19). The quantitative estimate of drug-likeness (QED) is 0.924. The zero-order chi connectivity index (χ0) is 13.7. The van der Waals surface area contributed by atoms with Crippen LogP contribution in [0.15, 0.2) is 34.7 Å². The average Bonchev–Trinajstić information content (AvgIpc) is 2.91. The number of furan rings is 1. The van der Waals surface area contributed by atoms with Gasteiger partial charge in [-0.15, -0.1) is 0 Å². The predicted molar refractivity (Wildman–Crippen MR) is 77.1 cm³/mol. The van der Waals surface area contributed by atoms with E-state index in [0.717, 1.165) is 41.4 Å². The minimum absolute atomic E-state index is 0.0631. The molecule has 2 aliphatic carbocycles. The molecule has 4 rings (SSSR count). The zero-order valence-electron chi connectivity index (χ0n) is 11.6. The molecule has 2 aliphatic rings. The lowest BCUT2D eigenvalue weighted by Crippen LogP contribution is -2.32. The number of nitrogens with one attached hydrogen (secondary N) is 1. The summed E-state index contributed by atoms with van der Waals surface area (Å²) in [4.78, 5) is 12.3. The molecule has 0 bridgehead atoms. The van der Waals surface area contributed by atoms with Gasteiger partial charge in [-0.1, -0.05) is 18.2 Å². The summed E-state index contributed by atoms with van der Waals surface area (Å²) in [5.41, 5.74) is 0.880. The molecule has 2 saturated carbocycles. The van der Waals surface area contributed by atoms with Crippen LogP contribution in [0.4, 0.5) is 0 Å². The van der Waals surface area contributed by atoms with Gasteiger partial charge >= 0.3 is 0 Å². The Morgan fingerprint density at radius 3 is 2.75 bits per heavy atom. The van der Waals surface area contributed by atoms with Crippen molar-refractivity contribution in [1.29, 1.82) is 0 Å². The highest BCUT2D eigenvalue weighted by molar-refractivity contribution is 5.80. The third-order valence-electron chi connectivity index (χ3n) is 4.84. The van der Waals surface area contributed by atoms with Gasteiger partial charge in [-0.2, -0.15) is 0 Å². The van der Waals surface area contributed by atoms with Crippen molar-refractivity contribution in [3.63, 3.8) is 0 Å². The maximum Gasteiger partial charge on any atom is 0.223 e. The molecule has 0 radical (unpaired) electrons. The van der Waals surface area contributed by atoms with E-state index in [1.807, 2.05) is 37.3 Å². The van der Waals surface area contributed by atoms with Crippen molar-refractivity contribution in [3.8, 4) is 0 Å². The predicted octanol–water partition coefficient (Wildman–Crippen LogP) is 3.66. The highest BCUT2D eigenvalue weighted by Crippen LogP contribution is 2.54. The van der Waals surface area contributed by atoms with Crippen LogP contribution in [0.3, 0.4) is 0 Å². The van der Waals surface area contributed by atoms with E-state index in [1.165, 1.54) is 6.42 Å². The zero-order valence-corrected chi connectivity index (χ0v) is 11.6. The molecule has 20 heavy (non-hydrogen) atoms. The second-order valence-corrected chi connectivity index (χ2v) is 6.34. The van der Waals surface area contributed by atoms with Gasteiger partial charge in [0, 0.05) is 11.3 Å². The largest absolute Gasteiger partial charge is 0.459 e. The van der Waals surface area contributed by atoms with Gasteiger partial charge in [-0.3, -0.25) is 4.79 Å². The van der Waals surface area contributed by atoms with Crippen molar-refractivity contribution < 1.29 is 9.21 Å². The van der Waals surface area contributed by atoms with Gasteiger partial charge in [0.15, 0.2) is 0 Å². The highest BCUT2D eigenvalue weighted by Gasteiger charge is 2.48. The Hall–Kier alpha value is -1.77. The van der Waals surface area contributed by atoms with Gasteiger partial charge in [0.2, 0.25) is 5.91 Å². The van der Waals surface area contributed by atoms with Gasteiger partial charge in [0.25, 0.3) is 0 Å². The van der Waals surface area contributed by atoms with Gasteiger partial charge in [-0.25, -0.2) is 0 Å². The van der Waals surface area contributed by atoms with Crippen LogP contribution in [-0.4, -0.2) is 5.91 Å². The topological polar surface area (TPSA) is 42.2 Å². The first-order valence-corrected chi connectivity index (χ1v) is 7.49. The van der Waals surface area contributed by atoms with Crippen molar-refractivity contribution in [1.82, 2.24) is 5.32 Å². The lowest BCUT2D eigenvalue weighted by atomic mass is 10.0. The van der Waals surface area contributed by atoms with Crippen LogP contribution < -0.4 is 5.32 Å². The molecular formula is C17H19NO2. The molecule has 3 nitrogen and oxygen atoms in total. The van der Waals surface area contributed by atoms with Crippen molar-refractivity contribution in [2.75, 3.05) is 0 Å². The van der Waals surface area contributed by atoms with Crippen LogP contribution in [0.25, 0.3) is 11.0 Å². The maximum absolute atomic E-state index is 12.3. The summed E-state index contributed by atoms with van der Waals surface area (Å²) in [6, 6.07) is 9.90. The van der Waals surface area contributed by atoms with Crippen molar-refractivity contribution in [2.24, 2.45) is 17.8 Å². The van der Waals surface area contributed by atoms with Crippen LogP contribution in [0.2, 0.25) is 0 Å². The fourth-order valence-electron chi connectivity index (χ4n) is 3.55. The van der Waals surface area contributed by atoms with E-state index in [2.05, 4.69) is 5.32 Å². The van der Waals surface area contributed by atoms with Crippen LogP contribution >= 0.6 is 0 Å². The summed E-state index contributed by atoms with van der Waals surface area (Å²) in [7, 11) is 0. The molecule has 104 valence electrons. The van der Waals surface area contributed by atoms with Crippen LogP contribution in [0.1, 0.15) is 38.0 Å². The van der Waals surface area contributed by atoms with E-state index in [0.29, 0.717) is 0 Å². The minimum Gasteiger partial charge on any atom is -0.459 e. The van der Waals surface area contributed by atoms with Gasteiger partial charge in [0.05, 0.1) is 6.04 Å². The van der Waals surface area contributed by atoms with E-state index < -0.39 is 0 Å². The lowest BCUT2D eigenvalue weighted by Gasteiger charge is -2.16. The number of para-hydroxylation sites is 1. The summed E-state index contributed by atoms with van der Waals surface area (Å²) in [5, 5.41) is 4.20. The second kappa shape index (κ2) is 4.37. The minimum atomic E-state index is -0.0631. The molecule has 1 amide bonds. The van der Waals surface area contributed by atoms with Crippen LogP contribution in [-0.2, 0) is 4.79 Å². The normalized spacial score (nSPS) is 29.1. The Morgan fingerprint density at radius 2 is 2.00 bits per heavy atom. The van der Waals surface area contributed by atoms with Gasteiger partial charge < -0.3 is 9.73 Å². The Labute approximate surface area is 118 Å². The van der Waals surface area contributed by atoms with E-state index in [9.17, 15) is 4.79 Å². The molecule has 1 aromatic carbocycles. The molecule has 0 aliphatic heterocycles. The smallest absolute Gasteiger partial charge is 0.223 e. The molecule has 2 fully saturated rings.